The van der Waals surface area contributed by atoms with Crippen molar-refractivity contribution in [2.24, 2.45) is 0 Å². The van der Waals surface area contributed by atoms with E-state index in [4.69, 9.17) is 9.47 Å². The lowest BCUT2D eigenvalue weighted by atomic mass is 9.96. The van der Waals surface area contributed by atoms with Gasteiger partial charge in [0.05, 0.1) is 12.1 Å². The molecule has 6 nitrogen and oxygen atoms in total. The van der Waals surface area contributed by atoms with E-state index in [0.29, 0.717) is 6.54 Å². The number of ether oxygens (including phenoxy) is 2. The summed E-state index contributed by atoms with van der Waals surface area (Å²) in [5.41, 5.74) is 2.03. The molecule has 3 atom stereocenters. The first-order valence-electron chi connectivity index (χ1n) is 8.39. The van der Waals surface area contributed by atoms with Gasteiger partial charge in [0.25, 0.3) is 5.91 Å². The average Bonchev–Trinajstić information content (AvgIpc) is 3.09. The molecule has 0 aromatic heterocycles. The molecule has 1 N–H and O–H groups in total. The molecule has 3 rings (SSSR count). The number of morpholine rings is 1. The Balaban J connectivity index is 1.74. The van der Waals surface area contributed by atoms with Crippen LogP contribution in [-0.2, 0) is 19.1 Å². The van der Waals surface area contributed by atoms with Gasteiger partial charge in [0.2, 0.25) is 5.91 Å². The van der Waals surface area contributed by atoms with Crippen molar-refractivity contribution in [1.29, 1.82) is 0 Å². The summed E-state index contributed by atoms with van der Waals surface area (Å²) in [6.45, 7) is 3.17. The number of nitrogens with zero attached hydrogens (tertiary/aromatic N) is 1. The zero-order valence-electron chi connectivity index (χ0n) is 14.2. The second-order valence-electron chi connectivity index (χ2n) is 6.47. The Kier molecular flexibility index (Phi) is 5.16. The van der Waals surface area contributed by atoms with Crippen molar-refractivity contribution in [1.82, 2.24) is 10.2 Å². The fraction of sp³-hybridized carbons (Fsp3) is 0.556. The summed E-state index contributed by atoms with van der Waals surface area (Å²) in [6, 6.07) is 7.42. The molecule has 2 saturated heterocycles. The van der Waals surface area contributed by atoms with Crippen molar-refractivity contribution in [3.8, 4) is 0 Å². The summed E-state index contributed by atoms with van der Waals surface area (Å²) in [5, 5.41) is 2.91. The summed E-state index contributed by atoms with van der Waals surface area (Å²) in [6.07, 6.45) is 1.36. The van der Waals surface area contributed by atoms with E-state index in [1.165, 1.54) is 0 Å². The van der Waals surface area contributed by atoms with Gasteiger partial charge >= 0.3 is 0 Å². The highest BCUT2D eigenvalue weighted by atomic mass is 16.5. The van der Waals surface area contributed by atoms with Gasteiger partial charge in [-0.05, 0) is 25.3 Å². The minimum atomic E-state index is -0.711. The molecule has 6 heteroatoms. The number of carbonyl (C=O) groups is 2. The number of hydrogen-bond acceptors (Lipinski definition) is 4. The van der Waals surface area contributed by atoms with Gasteiger partial charge in [0, 0.05) is 20.2 Å². The number of carbonyl (C=O) groups excluding carboxylic acids is 2. The summed E-state index contributed by atoms with van der Waals surface area (Å²) < 4.78 is 11.1. The third-order valence-electron chi connectivity index (χ3n) is 4.69. The molecular formula is C18H24N2O4. The smallest absolute Gasteiger partial charge is 0.251 e. The first-order chi connectivity index (χ1) is 11.6. The predicted molar refractivity (Wildman–Crippen MR) is 88.4 cm³/mol. The molecule has 1 aromatic carbocycles. The van der Waals surface area contributed by atoms with E-state index in [1.54, 1.807) is 11.9 Å². The van der Waals surface area contributed by atoms with Crippen LogP contribution in [0.3, 0.4) is 0 Å². The second kappa shape index (κ2) is 7.32. The Bertz CT molecular complexity index is 596. The molecule has 24 heavy (non-hydrogen) atoms. The van der Waals surface area contributed by atoms with Crippen LogP contribution in [0.25, 0.3) is 0 Å². The molecule has 1 aromatic rings. The van der Waals surface area contributed by atoms with Gasteiger partial charge in [-0.2, -0.15) is 0 Å². The Morgan fingerprint density at radius 1 is 1.29 bits per heavy atom. The molecule has 2 heterocycles. The van der Waals surface area contributed by atoms with E-state index in [0.717, 1.165) is 30.6 Å². The summed E-state index contributed by atoms with van der Waals surface area (Å²) >= 11 is 0. The van der Waals surface area contributed by atoms with E-state index >= 15 is 0 Å². The lowest BCUT2D eigenvalue weighted by Gasteiger charge is -2.38. The van der Waals surface area contributed by atoms with Crippen molar-refractivity contribution in [2.75, 3.05) is 26.8 Å². The standard InChI is InChI=1S/C18H24N2O4/c1-12-5-7-13(8-6-12)16-17(24-11-15(21)20(16)2)18(22)19-10-14-4-3-9-23-14/h5-8,14,16-17H,3-4,9-11H2,1-2H3,(H,19,22)/t14-,16+,17+/m0/s1. The molecule has 0 bridgehead atoms. The maximum absolute atomic E-state index is 12.6. The quantitative estimate of drug-likeness (QED) is 0.899. The van der Waals surface area contributed by atoms with Crippen LogP contribution in [0.15, 0.2) is 24.3 Å². The van der Waals surface area contributed by atoms with E-state index in [1.807, 2.05) is 31.2 Å². The van der Waals surface area contributed by atoms with Gasteiger partial charge in [0.1, 0.15) is 6.61 Å². The number of hydrogen-bond donors (Lipinski definition) is 1. The van der Waals surface area contributed by atoms with Crippen LogP contribution < -0.4 is 5.32 Å². The molecule has 2 aliphatic heterocycles. The van der Waals surface area contributed by atoms with Gasteiger partial charge in [0.15, 0.2) is 6.10 Å². The zero-order chi connectivity index (χ0) is 17.1. The molecule has 0 unspecified atom stereocenters. The molecular weight excluding hydrogens is 308 g/mol. The minimum absolute atomic E-state index is 0.0725. The van der Waals surface area contributed by atoms with Crippen LogP contribution in [0.1, 0.15) is 30.0 Å². The van der Waals surface area contributed by atoms with Crippen molar-refractivity contribution < 1.29 is 19.1 Å². The monoisotopic (exact) mass is 332 g/mol. The minimum Gasteiger partial charge on any atom is -0.376 e. The SMILES string of the molecule is Cc1ccc([C@@H]2[C@H](C(=O)NC[C@@H]3CCCO3)OCC(=O)N2C)cc1. The Morgan fingerprint density at radius 2 is 2.04 bits per heavy atom. The molecule has 130 valence electrons. The van der Waals surface area contributed by atoms with Crippen LogP contribution in [0.2, 0.25) is 0 Å². The van der Waals surface area contributed by atoms with Crippen LogP contribution in [-0.4, -0.2) is 55.7 Å². The first kappa shape index (κ1) is 16.9. The van der Waals surface area contributed by atoms with Gasteiger partial charge in [-0.1, -0.05) is 29.8 Å². The Morgan fingerprint density at radius 3 is 2.71 bits per heavy atom. The lowest BCUT2D eigenvalue weighted by Crippen LogP contribution is -2.53. The van der Waals surface area contributed by atoms with Gasteiger partial charge in [-0.25, -0.2) is 0 Å². The molecule has 0 spiro atoms. The predicted octanol–water partition coefficient (Wildman–Crippen LogP) is 1.19. The van der Waals surface area contributed by atoms with Crippen LogP contribution in [0.4, 0.5) is 0 Å². The summed E-state index contributed by atoms with van der Waals surface area (Å²) in [7, 11) is 1.72. The first-order valence-corrected chi connectivity index (χ1v) is 8.39. The van der Waals surface area contributed by atoms with Crippen molar-refractivity contribution in [2.45, 2.75) is 38.0 Å². The number of likely N-dealkylation sites (N-methyl/N-ethyl adjacent to an activating group) is 1. The largest absolute Gasteiger partial charge is 0.376 e. The number of rotatable bonds is 4. The van der Waals surface area contributed by atoms with Gasteiger partial charge in [-0.3, -0.25) is 9.59 Å². The maximum atomic E-state index is 12.6. The average molecular weight is 332 g/mol. The normalized spacial score (nSPS) is 27.3. The zero-order valence-corrected chi connectivity index (χ0v) is 14.2. The summed E-state index contributed by atoms with van der Waals surface area (Å²) in [5.74, 6) is -0.320. The van der Waals surface area contributed by atoms with E-state index in [-0.39, 0.29) is 24.5 Å². The molecule has 2 fully saturated rings. The Hall–Kier alpha value is -1.92. The third kappa shape index (κ3) is 3.60. The van der Waals surface area contributed by atoms with Crippen molar-refractivity contribution in [3.63, 3.8) is 0 Å². The highest BCUT2D eigenvalue weighted by molar-refractivity contribution is 5.86. The van der Waals surface area contributed by atoms with E-state index in [9.17, 15) is 9.59 Å². The van der Waals surface area contributed by atoms with Crippen LogP contribution in [0, 0.1) is 6.92 Å². The van der Waals surface area contributed by atoms with E-state index in [2.05, 4.69) is 5.32 Å². The molecule has 0 radical (unpaired) electrons. The fourth-order valence-electron chi connectivity index (χ4n) is 3.21. The van der Waals surface area contributed by atoms with Crippen molar-refractivity contribution >= 4 is 11.8 Å². The molecule has 0 aliphatic carbocycles. The molecule has 0 saturated carbocycles. The number of nitrogens with one attached hydrogen (secondary N) is 1. The van der Waals surface area contributed by atoms with Gasteiger partial charge in [-0.15, -0.1) is 0 Å². The number of benzene rings is 1. The molecule has 2 amide bonds. The van der Waals surface area contributed by atoms with E-state index < -0.39 is 12.1 Å². The summed E-state index contributed by atoms with van der Waals surface area (Å²) in [4.78, 5) is 26.3. The van der Waals surface area contributed by atoms with Crippen LogP contribution >= 0.6 is 0 Å². The molecule has 2 aliphatic rings. The van der Waals surface area contributed by atoms with Gasteiger partial charge < -0.3 is 19.7 Å². The van der Waals surface area contributed by atoms with Crippen LogP contribution in [0.5, 0.6) is 0 Å². The third-order valence-corrected chi connectivity index (χ3v) is 4.69. The van der Waals surface area contributed by atoms with Crippen molar-refractivity contribution in [3.05, 3.63) is 35.4 Å². The maximum Gasteiger partial charge on any atom is 0.251 e. The number of amides is 2. The Labute approximate surface area is 142 Å². The second-order valence-corrected chi connectivity index (χ2v) is 6.47. The lowest BCUT2D eigenvalue weighted by molar-refractivity contribution is -0.162. The fourth-order valence-corrected chi connectivity index (χ4v) is 3.21. The highest BCUT2D eigenvalue weighted by Crippen LogP contribution is 2.29. The number of aryl methyl sites for hydroxylation is 1. The highest BCUT2D eigenvalue weighted by Gasteiger charge is 2.40. The topological polar surface area (TPSA) is 67.9 Å².